The molecule has 0 unspecified atom stereocenters. The monoisotopic (exact) mass is 368 g/mol. The van der Waals surface area contributed by atoms with Crippen molar-refractivity contribution in [3.8, 4) is 11.8 Å². The summed E-state index contributed by atoms with van der Waals surface area (Å²) in [6, 6.07) is 21.7. The molecule has 0 aliphatic rings. The first-order valence-corrected chi connectivity index (χ1v) is 10.2. The first-order valence-electron chi connectivity index (χ1n) is 8.61. The molecular weight excluding hydrogens is 352 g/mol. The molecule has 0 saturated heterocycles. The van der Waals surface area contributed by atoms with E-state index < -0.39 is 0 Å². The summed E-state index contributed by atoms with van der Waals surface area (Å²) >= 11 is 3.79. The van der Waals surface area contributed by atoms with E-state index in [1.807, 2.05) is 22.7 Å². The molecule has 0 saturated carbocycles. The minimum Gasteiger partial charge on any atom is -0.134 e. The summed E-state index contributed by atoms with van der Waals surface area (Å²) in [4.78, 5) is 0. The van der Waals surface area contributed by atoms with Crippen molar-refractivity contribution in [2.45, 2.75) is 13.8 Å². The van der Waals surface area contributed by atoms with Crippen LogP contribution in [0.15, 0.2) is 60.7 Å². The maximum absolute atomic E-state index is 3.31. The predicted molar refractivity (Wildman–Crippen MR) is 117 cm³/mol. The molecule has 0 nitrogen and oxygen atoms in total. The van der Waals surface area contributed by atoms with Crippen molar-refractivity contribution >= 4 is 52.2 Å². The Bertz CT molecular complexity index is 1340. The van der Waals surface area contributed by atoms with Gasteiger partial charge in [0.25, 0.3) is 0 Å². The van der Waals surface area contributed by atoms with Crippen LogP contribution in [0, 0.1) is 25.7 Å². The second-order valence-electron chi connectivity index (χ2n) is 6.69. The lowest BCUT2D eigenvalue weighted by Gasteiger charge is -1.94. The Morgan fingerprint density at radius 2 is 1.12 bits per heavy atom. The van der Waals surface area contributed by atoms with Crippen LogP contribution in [0.25, 0.3) is 29.6 Å². The highest BCUT2D eigenvalue weighted by atomic mass is 32.1. The van der Waals surface area contributed by atoms with Gasteiger partial charge in [-0.15, -0.1) is 22.7 Å². The lowest BCUT2D eigenvalue weighted by molar-refractivity contribution is 1.46. The number of hydrogen-bond acceptors (Lipinski definition) is 2. The molecule has 0 spiro atoms. The summed E-state index contributed by atoms with van der Waals surface area (Å²) < 4.78 is 5.52. The Balaban J connectivity index is 1.62. The van der Waals surface area contributed by atoms with E-state index in [4.69, 9.17) is 0 Å². The quantitative estimate of drug-likeness (QED) is 0.252. The zero-order valence-corrected chi connectivity index (χ0v) is 16.2. The average Bonchev–Trinajstić information content (AvgIpc) is 3.16. The zero-order valence-electron chi connectivity index (χ0n) is 14.6. The van der Waals surface area contributed by atoms with E-state index in [0.717, 1.165) is 11.1 Å². The van der Waals surface area contributed by atoms with Crippen molar-refractivity contribution < 1.29 is 0 Å². The highest BCUT2D eigenvalue weighted by Crippen LogP contribution is 2.44. The maximum Gasteiger partial charge on any atom is 0.0542 e. The summed E-state index contributed by atoms with van der Waals surface area (Å²) in [6.45, 7) is 4.25. The predicted octanol–water partition coefficient (Wildman–Crippen LogP) is 7.29. The lowest BCUT2D eigenvalue weighted by atomic mass is 10.1. The van der Waals surface area contributed by atoms with Crippen LogP contribution in [0.3, 0.4) is 0 Å². The maximum atomic E-state index is 3.31. The van der Waals surface area contributed by atoms with Gasteiger partial charge in [0.05, 0.1) is 9.40 Å². The molecule has 5 aromatic rings. The van der Waals surface area contributed by atoms with Gasteiger partial charge in [-0.1, -0.05) is 47.7 Å². The largest absolute Gasteiger partial charge is 0.134 e. The summed E-state index contributed by atoms with van der Waals surface area (Å²) in [5.74, 6) is 6.59. The van der Waals surface area contributed by atoms with Gasteiger partial charge in [0.15, 0.2) is 0 Å². The Kier molecular flexibility index (Phi) is 3.60. The van der Waals surface area contributed by atoms with Gasteiger partial charge in [0, 0.05) is 31.3 Å². The van der Waals surface area contributed by atoms with Crippen LogP contribution < -0.4 is 0 Å². The van der Waals surface area contributed by atoms with Crippen molar-refractivity contribution in [3.63, 3.8) is 0 Å². The first-order chi connectivity index (χ1) is 12.7. The molecule has 3 aromatic carbocycles. The van der Waals surface area contributed by atoms with Crippen molar-refractivity contribution in [1.82, 2.24) is 0 Å². The summed E-state index contributed by atoms with van der Waals surface area (Å²) in [6.07, 6.45) is 0. The van der Waals surface area contributed by atoms with Gasteiger partial charge >= 0.3 is 0 Å². The summed E-state index contributed by atoms with van der Waals surface area (Å²) in [7, 11) is 0. The third-order valence-electron chi connectivity index (χ3n) is 4.64. The van der Waals surface area contributed by atoms with Gasteiger partial charge < -0.3 is 0 Å². The van der Waals surface area contributed by atoms with E-state index in [9.17, 15) is 0 Å². The Morgan fingerprint density at radius 3 is 1.85 bits per heavy atom. The Morgan fingerprint density at radius 1 is 0.577 bits per heavy atom. The molecule has 124 valence electrons. The van der Waals surface area contributed by atoms with Gasteiger partial charge in [-0.3, -0.25) is 0 Å². The van der Waals surface area contributed by atoms with E-state index in [1.54, 1.807) is 0 Å². The SMILES string of the molecule is Cc1ccc(C#Cc2ccc3c(c2)sc2c4ccc(C)cc4sc32)cc1. The molecular formula is C24H16S2. The lowest BCUT2D eigenvalue weighted by Crippen LogP contribution is -1.77. The van der Waals surface area contributed by atoms with Crippen molar-refractivity contribution in [1.29, 1.82) is 0 Å². The standard InChI is InChI=1S/C24H16S2/c1-15-3-6-17(7-4-15)8-9-18-10-12-20-22(14-18)26-23-19-11-5-16(2)13-21(19)25-24(20)23/h3-7,10-14H,1-2H3. The second-order valence-corrected chi connectivity index (χ2v) is 8.79. The minimum absolute atomic E-state index is 1.06. The van der Waals surface area contributed by atoms with E-state index in [0.29, 0.717) is 0 Å². The third-order valence-corrected chi connectivity index (χ3v) is 7.14. The fourth-order valence-corrected chi connectivity index (χ4v) is 6.01. The molecule has 0 fully saturated rings. The number of fused-ring (bicyclic) bond motifs is 5. The molecule has 26 heavy (non-hydrogen) atoms. The molecule has 5 rings (SSSR count). The number of thiophene rings is 2. The molecule has 2 aromatic heterocycles. The van der Waals surface area contributed by atoms with Crippen LogP contribution in [0.1, 0.15) is 22.3 Å². The molecule has 0 atom stereocenters. The van der Waals surface area contributed by atoms with Crippen LogP contribution in [-0.2, 0) is 0 Å². The first kappa shape index (κ1) is 15.6. The fourth-order valence-electron chi connectivity index (χ4n) is 3.22. The van der Waals surface area contributed by atoms with Crippen LogP contribution in [0.5, 0.6) is 0 Å². The fraction of sp³-hybridized carbons (Fsp3) is 0.0833. The van der Waals surface area contributed by atoms with Crippen LogP contribution >= 0.6 is 22.7 Å². The summed E-state index contributed by atoms with van der Waals surface area (Å²) in [5, 5.41) is 2.73. The topological polar surface area (TPSA) is 0 Å². The van der Waals surface area contributed by atoms with Crippen LogP contribution in [0.4, 0.5) is 0 Å². The molecule has 0 bridgehead atoms. The molecule has 0 aliphatic heterocycles. The van der Waals surface area contributed by atoms with E-state index in [2.05, 4.69) is 86.4 Å². The van der Waals surface area contributed by atoms with Crippen LogP contribution in [0.2, 0.25) is 0 Å². The smallest absolute Gasteiger partial charge is 0.0542 e. The highest BCUT2D eigenvalue weighted by Gasteiger charge is 2.12. The molecule has 0 amide bonds. The number of benzene rings is 3. The number of hydrogen-bond donors (Lipinski definition) is 0. The van der Waals surface area contributed by atoms with Gasteiger partial charge in [-0.05, 0) is 49.7 Å². The van der Waals surface area contributed by atoms with Crippen LogP contribution in [-0.4, -0.2) is 0 Å². The number of aryl methyl sites for hydroxylation is 2. The Hall–Kier alpha value is -2.60. The Labute approximate surface area is 160 Å². The van der Waals surface area contributed by atoms with E-state index in [-0.39, 0.29) is 0 Å². The van der Waals surface area contributed by atoms with Gasteiger partial charge in [-0.2, -0.15) is 0 Å². The van der Waals surface area contributed by atoms with Crippen molar-refractivity contribution in [2.75, 3.05) is 0 Å². The molecule has 0 radical (unpaired) electrons. The van der Waals surface area contributed by atoms with Crippen molar-refractivity contribution in [3.05, 3.63) is 82.9 Å². The van der Waals surface area contributed by atoms with Crippen molar-refractivity contribution in [2.24, 2.45) is 0 Å². The summed E-state index contributed by atoms with van der Waals surface area (Å²) in [5.41, 5.74) is 4.72. The average molecular weight is 369 g/mol. The molecule has 2 heteroatoms. The molecule has 2 heterocycles. The molecule has 0 N–H and O–H groups in total. The normalized spacial score (nSPS) is 11.2. The molecule has 0 aliphatic carbocycles. The van der Waals surface area contributed by atoms with Gasteiger partial charge in [-0.25, -0.2) is 0 Å². The second kappa shape index (κ2) is 5.99. The van der Waals surface area contributed by atoms with Gasteiger partial charge in [0.2, 0.25) is 0 Å². The highest BCUT2D eigenvalue weighted by molar-refractivity contribution is 7.36. The third kappa shape index (κ3) is 2.61. The number of rotatable bonds is 0. The zero-order chi connectivity index (χ0) is 17.7. The minimum atomic E-state index is 1.06. The van der Waals surface area contributed by atoms with E-state index in [1.165, 1.54) is 40.7 Å². The van der Waals surface area contributed by atoms with Gasteiger partial charge in [0.1, 0.15) is 0 Å². The van der Waals surface area contributed by atoms with E-state index >= 15 is 0 Å².